The van der Waals surface area contributed by atoms with E-state index in [0.29, 0.717) is 40.3 Å². The summed E-state index contributed by atoms with van der Waals surface area (Å²) >= 11 is 1.26. The summed E-state index contributed by atoms with van der Waals surface area (Å²) in [5, 5.41) is 6.45. The van der Waals surface area contributed by atoms with E-state index in [1.165, 1.54) is 23.5 Å². The SMILES string of the molecule is CN1CCC2(CC1)CC(=O)c1cc(F)ccc1O2.COc1cccc2c(C=O)c(NC(=O)N[C@H](C)C(=O)PC(C)C)sc12. The van der Waals surface area contributed by atoms with Gasteiger partial charge in [-0.15, -0.1) is 11.3 Å². The predicted molar refractivity (Wildman–Crippen MR) is 169 cm³/mol. The summed E-state index contributed by atoms with van der Waals surface area (Å²) in [6.45, 7) is 7.45. The first-order chi connectivity index (χ1) is 20.4. The minimum Gasteiger partial charge on any atom is -0.495 e. The Morgan fingerprint density at radius 3 is 2.56 bits per heavy atom. The van der Waals surface area contributed by atoms with E-state index in [1.807, 2.05) is 13.8 Å². The van der Waals surface area contributed by atoms with Gasteiger partial charge in [-0.2, -0.15) is 0 Å². The van der Waals surface area contributed by atoms with Crippen molar-refractivity contribution < 1.29 is 33.0 Å². The smallest absolute Gasteiger partial charge is 0.320 e. The van der Waals surface area contributed by atoms with Crippen LogP contribution >= 0.6 is 19.9 Å². The molecule has 43 heavy (non-hydrogen) atoms. The maximum Gasteiger partial charge on any atom is 0.320 e. The van der Waals surface area contributed by atoms with E-state index in [-0.39, 0.29) is 37.0 Å². The summed E-state index contributed by atoms with van der Waals surface area (Å²) in [4.78, 5) is 50.0. The molecule has 9 nitrogen and oxygen atoms in total. The van der Waals surface area contributed by atoms with Gasteiger partial charge in [0.25, 0.3) is 0 Å². The van der Waals surface area contributed by atoms with Crippen molar-refractivity contribution in [2.75, 3.05) is 32.6 Å². The molecule has 230 valence electrons. The molecule has 5 rings (SSSR count). The maximum absolute atomic E-state index is 13.1. The Hall–Kier alpha value is -3.40. The maximum atomic E-state index is 13.1. The molecule has 2 aliphatic heterocycles. The van der Waals surface area contributed by atoms with Gasteiger partial charge in [-0.05, 0) is 52.5 Å². The first-order valence-electron chi connectivity index (χ1n) is 14.1. The highest BCUT2D eigenvalue weighted by atomic mass is 32.1. The van der Waals surface area contributed by atoms with Crippen LogP contribution in [-0.2, 0) is 4.79 Å². The summed E-state index contributed by atoms with van der Waals surface area (Å²) in [5.74, 6) is 0.795. The van der Waals surface area contributed by atoms with Crippen molar-refractivity contribution in [1.29, 1.82) is 0 Å². The van der Waals surface area contributed by atoms with E-state index >= 15 is 0 Å². The number of ether oxygens (including phenoxy) is 2. The van der Waals surface area contributed by atoms with E-state index in [0.717, 1.165) is 36.0 Å². The van der Waals surface area contributed by atoms with Crippen LogP contribution in [0.3, 0.4) is 0 Å². The number of carbonyl (C=O) groups is 4. The highest BCUT2D eigenvalue weighted by Gasteiger charge is 2.42. The van der Waals surface area contributed by atoms with Crippen LogP contribution in [0.15, 0.2) is 36.4 Å². The second-order valence-corrected chi connectivity index (χ2v) is 14.1. The standard InChI is InChI=1S/C17H21N2O4PS.C14H16FNO2/c1-9(2)24-16(21)10(3)18-17(22)19-15-12(8-20)11-6-5-7-13(23-4)14(11)25-15;1-16-6-4-14(5-7-16)9-12(17)11-8-10(15)2-3-13(11)18-14/h5-10,24H,1-4H3,(H2,18,19,22);2-3,8H,4-7,9H2,1H3/t10-;/m1./s1. The Bertz CT molecular complexity index is 1520. The molecule has 2 amide bonds. The lowest BCUT2D eigenvalue weighted by molar-refractivity contribution is -0.112. The number of hydrogen-bond acceptors (Lipinski definition) is 8. The Morgan fingerprint density at radius 2 is 1.91 bits per heavy atom. The van der Waals surface area contributed by atoms with Crippen molar-refractivity contribution in [3.05, 3.63) is 53.3 Å². The minimum absolute atomic E-state index is 0.000281. The molecule has 1 aromatic heterocycles. The van der Waals surface area contributed by atoms with Crippen LogP contribution < -0.4 is 20.1 Å². The van der Waals surface area contributed by atoms with E-state index in [1.54, 1.807) is 38.3 Å². The van der Waals surface area contributed by atoms with Gasteiger partial charge in [0.05, 0.1) is 35.4 Å². The van der Waals surface area contributed by atoms with E-state index in [2.05, 4.69) is 22.6 Å². The number of thiophene rings is 1. The zero-order valence-corrected chi connectivity index (χ0v) is 26.7. The fraction of sp³-hybridized carbons (Fsp3) is 0.419. The summed E-state index contributed by atoms with van der Waals surface area (Å²) in [5.41, 5.74) is 0.681. The van der Waals surface area contributed by atoms with Gasteiger partial charge in [-0.25, -0.2) is 9.18 Å². The lowest BCUT2D eigenvalue weighted by Gasteiger charge is -2.43. The van der Waals surface area contributed by atoms with E-state index < -0.39 is 12.1 Å². The number of urea groups is 1. The molecule has 1 unspecified atom stereocenters. The van der Waals surface area contributed by atoms with Gasteiger partial charge in [-0.1, -0.05) is 26.0 Å². The number of rotatable bonds is 7. The quantitative estimate of drug-likeness (QED) is 0.240. The Kier molecular flexibility index (Phi) is 10.5. The number of amides is 2. The highest BCUT2D eigenvalue weighted by molar-refractivity contribution is 7.58. The first kappa shape index (κ1) is 32.5. The Balaban J connectivity index is 0.000000206. The van der Waals surface area contributed by atoms with Crippen LogP contribution in [0.1, 0.15) is 60.7 Å². The second kappa shape index (κ2) is 13.9. The monoisotopic (exact) mass is 629 g/mol. The van der Waals surface area contributed by atoms with Crippen LogP contribution in [0.2, 0.25) is 0 Å². The van der Waals surface area contributed by atoms with Crippen LogP contribution in [0.4, 0.5) is 14.2 Å². The van der Waals surface area contributed by atoms with Gasteiger partial charge in [0.15, 0.2) is 17.6 Å². The molecule has 2 aromatic carbocycles. The van der Waals surface area contributed by atoms with Gasteiger partial charge in [0.2, 0.25) is 0 Å². The summed E-state index contributed by atoms with van der Waals surface area (Å²) in [6, 6.07) is 8.49. The average Bonchev–Trinajstić information content (AvgIpc) is 3.32. The molecule has 0 saturated carbocycles. The summed E-state index contributed by atoms with van der Waals surface area (Å²) in [7, 11) is 3.77. The highest BCUT2D eigenvalue weighted by Crippen LogP contribution is 2.40. The van der Waals surface area contributed by atoms with Crippen molar-refractivity contribution in [3.8, 4) is 11.5 Å². The van der Waals surface area contributed by atoms with Crippen LogP contribution in [0.25, 0.3) is 10.1 Å². The molecule has 2 atom stereocenters. The second-order valence-electron chi connectivity index (χ2n) is 11.1. The van der Waals surface area contributed by atoms with Gasteiger partial charge < -0.3 is 19.7 Å². The molecule has 1 fully saturated rings. The number of Topliss-reactive ketones (excluding diaryl/α,β-unsaturated/α-hetero) is 1. The molecule has 1 saturated heterocycles. The van der Waals surface area contributed by atoms with Crippen molar-refractivity contribution >= 4 is 58.6 Å². The zero-order valence-electron chi connectivity index (χ0n) is 24.9. The van der Waals surface area contributed by atoms with E-state index in [4.69, 9.17) is 9.47 Å². The molecular weight excluding hydrogens is 592 g/mol. The number of halogens is 1. The third-order valence-electron chi connectivity index (χ3n) is 7.40. The average molecular weight is 630 g/mol. The number of likely N-dealkylation sites (tertiary alicyclic amines) is 1. The Labute approximate surface area is 256 Å². The van der Waals surface area contributed by atoms with Gasteiger partial charge in [0, 0.05) is 31.3 Å². The number of aldehydes is 1. The van der Waals surface area contributed by atoms with Crippen molar-refractivity contribution in [3.63, 3.8) is 0 Å². The molecule has 3 heterocycles. The number of fused-ring (bicyclic) bond motifs is 2. The summed E-state index contributed by atoms with van der Waals surface area (Å²) < 4.78 is 25.2. The molecule has 1 spiro atoms. The molecule has 0 bridgehead atoms. The van der Waals surface area contributed by atoms with Crippen molar-refractivity contribution in [2.45, 2.75) is 57.3 Å². The van der Waals surface area contributed by atoms with Gasteiger partial charge in [-0.3, -0.25) is 19.7 Å². The van der Waals surface area contributed by atoms with E-state index in [9.17, 15) is 23.6 Å². The topological polar surface area (TPSA) is 114 Å². The number of hydrogen-bond donors (Lipinski definition) is 2. The molecule has 2 N–H and O–H groups in total. The number of ketones is 1. The van der Waals surface area contributed by atoms with Crippen molar-refractivity contribution in [1.82, 2.24) is 10.2 Å². The third-order valence-corrected chi connectivity index (χ3v) is 9.85. The fourth-order valence-electron chi connectivity index (χ4n) is 5.07. The number of nitrogens with zero attached hydrogens (tertiary/aromatic N) is 1. The number of anilines is 1. The van der Waals surface area contributed by atoms with Crippen LogP contribution in [-0.4, -0.2) is 73.1 Å². The lowest BCUT2D eigenvalue weighted by atomic mass is 9.82. The number of piperidine rings is 1. The van der Waals surface area contributed by atoms with Crippen molar-refractivity contribution in [2.24, 2.45) is 0 Å². The number of carbonyl (C=O) groups excluding carboxylic acids is 4. The molecule has 12 heteroatoms. The normalized spacial score (nSPS) is 16.8. The molecule has 3 aromatic rings. The van der Waals surface area contributed by atoms with Gasteiger partial charge in [0.1, 0.15) is 27.9 Å². The summed E-state index contributed by atoms with van der Waals surface area (Å²) in [6.07, 6.45) is 2.79. The minimum atomic E-state index is -0.579. The molecule has 0 radical (unpaired) electrons. The largest absolute Gasteiger partial charge is 0.495 e. The molecule has 2 aliphatic rings. The van der Waals surface area contributed by atoms with Gasteiger partial charge >= 0.3 is 6.03 Å². The Morgan fingerprint density at radius 1 is 1.19 bits per heavy atom. The number of methoxy groups -OCH3 is 1. The lowest BCUT2D eigenvalue weighted by Crippen LogP contribution is -2.50. The number of nitrogens with one attached hydrogen (secondary N) is 2. The number of benzene rings is 2. The van der Waals surface area contributed by atoms with Crippen LogP contribution in [0, 0.1) is 5.82 Å². The predicted octanol–water partition coefficient (Wildman–Crippen LogP) is 6.10. The first-order valence-corrected chi connectivity index (χ1v) is 16.0. The molecule has 0 aliphatic carbocycles. The third kappa shape index (κ3) is 7.77. The van der Waals surface area contributed by atoms with Crippen LogP contribution in [0.5, 0.6) is 11.5 Å². The zero-order chi connectivity index (χ0) is 31.3. The molecular formula is C31H37FN3O6PS. The fourth-order valence-corrected chi connectivity index (χ4v) is 7.11.